The smallest absolute Gasteiger partial charge is 0.290 e. The van der Waals surface area contributed by atoms with Gasteiger partial charge >= 0.3 is 0 Å². The molecule has 152 valence electrons. The molecular weight excluding hydrogens is 375 g/mol. The van der Waals surface area contributed by atoms with Gasteiger partial charge in [0.2, 0.25) is 5.91 Å². The zero-order valence-electron chi connectivity index (χ0n) is 16.4. The lowest BCUT2D eigenvalue weighted by atomic mass is 10.2. The van der Waals surface area contributed by atoms with E-state index in [1.165, 1.54) is 29.6 Å². The average molecular weight is 398 g/mol. The topological polar surface area (TPSA) is 66.9 Å². The first-order valence-electron chi connectivity index (χ1n) is 9.33. The number of amides is 2. The summed E-state index contributed by atoms with van der Waals surface area (Å²) in [6.45, 7) is 4.07. The zero-order chi connectivity index (χ0) is 20.8. The SMILES string of the molecule is CC(C)N(CC(=O)N(Cc1ccc(F)cc1)Cc1ccco1)C(=O)c1ccco1. The Kier molecular flexibility index (Phi) is 6.49. The van der Waals surface area contributed by atoms with Crippen molar-refractivity contribution in [3.05, 3.63) is 84.0 Å². The van der Waals surface area contributed by atoms with Crippen LogP contribution in [0.3, 0.4) is 0 Å². The fourth-order valence-corrected chi connectivity index (χ4v) is 2.91. The summed E-state index contributed by atoms with van der Waals surface area (Å²) in [6.07, 6.45) is 2.96. The number of carbonyl (C=O) groups excluding carboxylic acids is 2. The lowest BCUT2D eigenvalue weighted by Gasteiger charge is -2.29. The monoisotopic (exact) mass is 398 g/mol. The largest absolute Gasteiger partial charge is 0.467 e. The predicted molar refractivity (Wildman–Crippen MR) is 104 cm³/mol. The summed E-state index contributed by atoms with van der Waals surface area (Å²) in [5, 5.41) is 0. The highest BCUT2D eigenvalue weighted by atomic mass is 19.1. The second-order valence-corrected chi connectivity index (χ2v) is 6.96. The third-order valence-corrected chi connectivity index (χ3v) is 4.49. The minimum absolute atomic E-state index is 0.112. The minimum Gasteiger partial charge on any atom is -0.467 e. The summed E-state index contributed by atoms with van der Waals surface area (Å²) in [6, 6.07) is 12.5. The van der Waals surface area contributed by atoms with Gasteiger partial charge in [-0.3, -0.25) is 9.59 Å². The molecule has 2 heterocycles. The van der Waals surface area contributed by atoms with Crippen molar-refractivity contribution < 1.29 is 22.8 Å². The summed E-state index contributed by atoms with van der Waals surface area (Å²) in [4.78, 5) is 28.9. The highest BCUT2D eigenvalue weighted by Crippen LogP contribution is 2.15. The molecule has 2 amide bonds. The Balaban J connectivity index is 1.78. The maximum absolute atomic E-state index is 13.2. The fraction of sp³-hybridized carbons (Fsp3) is 0.273. The maximum atomic E-state index is 13.2. The minimum atomic E-state index is -0.349. The van der Waals surface area contributed by atoms with Crippen LogP contribution >= 0.6 is 0 Å². The van der Waals surface area contributed by atoms with Crippen LogP contribution in [0, 0.1) is 5.82 Å². The van der Waals surface area contributed by atoms with Crippen LogP contribution in [0.4, 0.5) is 4.39 Å². The molecule has 29 heavy (non-hydrogen) atoms. The first-order chi connectivity index (χ1) is 13.9. The highest BCUT2D eigenvalue weighted by Gasteiger charge is 2.26. The number of carbonyl (C=O) groups is 2. The molecule has 0 radical (unpaired) electrons. The van der Waals surface area contributed by atoms with E-state index in [0.29, 0.717) is 5.76 Å². The van der Waals surface area contributed by atoms with Crippen molar-refractivity contribution in [1.82, 2.24) is 9.80 Å². The molecule has 3 aromatic rings. The van der Waals surface area contributed by atoms with Gasteiger partial charge in [0.25, 0.3) is 5.91 Å². The van der Waals surface area contributed by atoms with E-state index in [-0.39, 0.29) is 49.1 Å². The molecule has 0 bridgehead atoms. The van der Waals surface area contributed by atoms with Crippen molar-refractivity contribution in [2.75, 3.05) is 6.54 Å². The first kappa shape index (κ1) is 20.4. The van der Waals surface area contributed by atoms with E-state index in [9.17, 15) is 14.0 Å². The molecule has 7 heteroatoms. The molecule has 0 aliphatic rings. The number of rotatable bonds is 8. The number of hydrogen-bond donors (Lipinski definition) is 0. The molecule has 0 N–H and O–H groups in total. The molecule has 0 aliphatic heterocycles. The van der Waals surface area contributed by atoms with E-state index in [2.05, 4.69) is 0 Å². The molecular formula is C22H23FN2O4. The van der Waals surface area contributed by atoms with Crippen LogP contribution in [0.15, 0.2) is 69.9 Å². The lowest BCUT2D eigenvalue weighted by molar-refractivity contribution is -0.133. The maximum Gasteiger partial charge on any atom is 0.290 e. The predicted octanol–water partition coefficient (Wildman–Crippen LogP) is 4.09. The van der Waals surface area contributed by atoms with Gasteiger partial charge in [0.15, 0.2) is 5.76 Å². The highest BCUT2D eigenvalue weighted by molar-refractivity contribution is 5.94. The Hall–Kier alpha value is -3.35. The number of halogens is 1. The lowest BCUT2D eigenvalue weighted by Crippen LogP contribution is -2.45. The van der Waals surface area contributed by atoms with Crippen LogP contribution in [-0.4, -0.2) is 34.2 Å². The second kappa shape index (κ2) is 9.23. The Labute approximate surface area is 168 Å². The summed E-state index contributed by atoms with van der Waals surface area (Å²) >= 11 is 0. The third kappa shape index (κ3) is 5.34. The molecule has 3 rings (SSSR count). The molecule has 6 nitrogen and oxygen atoms in total. The molecule has 2 aromatic heterocycles. The van der Waals surface area contributed by atoms with E-state index in [0.717, 1.165) is 5.56 Å². The quantitative estimate of drug-likeness (QED) is 0.573. The van der Waals surface area contributed by atoms with Crippen LogP contribution in [0.25, 0.3) is 0 Å². The number of benzene rings is 1. The molecule has 0 aliphatic carbocycles. The van der Waals surface area contributed by atoms with E-state index in [1.807, 2.05) is 13.8 Å². The molecule has 0 spiro atoms. The van der Waals surface area contributed by atoms with E-state index < -0.39 is 0 Å². The van der Waals surface area contributed by atoms with Crippen molar-refractivity contribution >= 4 is 11.8 Å². The summed E-state index contributed by atoms with van der Waals surface area (Å²) in [5.41, 5.74) is 0.778. The number of furan rings is 2. The van der Waals surface area contributed by atoms with Crippen LogP contribution in [0.2, 0.25) is 0 Å². The Bertz CT molecular complexity index is 918. The summed E-state index contributed by atoms with van der Waals surface area (Å²) < 4.78 is 23.8. The van der Waals surface area contributed by atoms with Crippen molar-refractivity contribution in [3.63, 3.8) is 0 Å². The van der Waals surface area contributed by atoms with Crippen molar-refractivity contribution in [1.29, 1.82) is 0 Å². The average Bonchev–Trinajstić information content (AvgIpc) is 3.40. The summed E-state index contributed by atoms with van der Waals surface area (Å²) in [5.74, 6) is -0.137. The van der Waals surface area contributed by atoms with Crippen molar-refractivity contribution in [3.8, 4) is 0 Å². The molecule has 0 fully saturated rings. The van der Waals surface area contributed by atoms with Crippen molar-refractivity contribution in [2.45, 2.75) is 33.0 Å². The van der Waals surface area contributed by atoms with Gasteiger partial charge in [0.1, 0.15) is 18.1 Å². The van der Waals surface area contributed by atoms with Crippen LogP contribution in [0.1, 0.15) is 35.7 Å². The van der Waals surface area contributed by atoms with E-state index in [4.69, 9.17) is 8.83 Å². The van der Waals surface area contributed by atoms with Crippen LogP contribution < -0.4 is 0 Å². The molecule has 0 atom stereocenters. The van der Waals surface area contributed by atoms with Crippen LogP contribution in [0.5, 0.6) is 0 Å². The Morgan fingerprint density at radius 2 is 1.66 bits per heavy atom. The van der Waals surface area contributed by atoms with Gasteiger partial charge in [-0.25, -0.2) is 4.39 Å². The van der Waals surface area contributed by atoms with Gasteiger partial charge in [0, 0.05) is 12.6 Å². The van der Waals surface area contributed by atoms with Crippen molar-refractivity contribution in [2.24, 2.45) is 0 Å². The normalized spacial score (nSPS) is 10.9. The second-order valence-electron chi connectivity index (χ2n) is 6.96. The van der Waals surface area contributed by atoms with E-state index in [1.54, 1.807) is 41.3 Å². The van der Waals surface area contributed by atoms with E-state index >= 15 is 0 Å². The molecule has 1 aromatic carbocycles. The zero-order valence-corrected chi connectivity index (χ0v) is 16.4. The van der Waals surface area contributed by atoms with Crippen LogP contribution in [-0.2, 0) is 17.9 Å². The van der Waals surface area contributed by atoms with Gasteiger partial charge in [-0.2, -0.15) is 0 Å². The molecule has 0 unspecified atom stereocenters. The van der Waals surface area contributed by atoms with Gasteiger partial charge in [0.05, 0.1) is 19.1 Å². The fourth-order valence-electron chi connectivity index (χ4n) is 2.91. The Morgan fingerprint density at radius 3 is 2.24 bits per heavy atom. The number of hydrogen-bond acceptors (Lipinski definition) is 4. The Morgan fingerprint density at radius 1 is 0.966 bits per heavy atom. The first-order valence-corrected chi connectivity index (χ1v) is 9.33. The third-order valence-electron chi connectivity index (χ3n) is 4.49. The molecule has 0 saturated carbocycles. The van der Waals surface area contributed by atoms with Gasteiger partial charge in [-0.05, 0) is 55.8 Å². The number of nitrogens with zero attached hydrogens (tertiary/aromatic N) is 2. The van der Waals surface area contributed by atoms with Gasteiger partial charge in [-0.1, -0.05) is 12.1 Å². The standard InChI is InChI=1S/C22H23FN2O4/c1-16(2)25(22(27)20-6-4-12-29-20)15-21(26)24(14-19-5-3-11-28-19)13-17-7-9-18(23)10-8-17/h3-12,16H,13-15H2,1-2H3. The van der Waals surface area contributed by atoms with Gasteiger partial charge < -0.3 is 18.6 Å². The summed E-state index contributed by atoms with van der Waals surface area (Å²) in [7, 11) is 0. The van der Waals surface area contributed by atoms with Gasteiger partial charge in [-0.15, -0.1) is 0 Å². The molecule has 0 saturated heterocycles.